The highest BCUT2D eigenvalue weighted by atomic mass is 16.3. The second kappa shape index (κ2) is 6.67. The van der Waals surface area contributed by atoms with E-state index in [0.29, 0.717) is 6.04 Å². The van der Waals surface area contributed by atoms with E-state index in [1.165, 1.54) is 6.42 Å². The van der Waals surface area contributed by atoms with E-state index in [2.05, 4.69) is 38.7 Å². The molecule has 1 aliphatic rings. The molecule has 0 radical (unpaired) electrons. The van der Waals surface area contributed by atoms with Gasteiger partial charge >= 0.3 is 0 Å². The molecule has 1 atom stereocenters. The van der Waals surface area contributed by atoms with E-state index in [1.54, 1.807) is 0 Å². The highest BCUT2D eigenvalue weighted by molar-refractivity contribution is 5.79. The Bertz CT molecular complexity index is 1070. The molecule has 27 heavy (non-hydrogen) atoms. The summed E-state index contributed by atoms with van der Waals surface area (Å²) in [7, 11) is 2.03. The predicted octanol–water partition coefficient (Wildman–Crippen LogP) is 4.57. The van der Waals surface area contributed by atoms with E-state index >= 15 is 0 Å². The maximum absolute atomic E-state index is 6.18. The molecule has 1 aliphatic heterocycles. The molecule has 0 aliphatic carbocycles. The van der Waals surface area contributed by atoms with Crippen LogP contribution in [-0.2, 0) is 13.6 Å². The highest BCUT2D eigenvalue weighted by Gasteiger charge is 2.27. The average Bonchev–Trinajstić information content (AvgIpc) is 3.43. The summed E-state index contributed by atoms with van der Waals surface area (Å²) >= 11 is 0. The van der Waals surface area contributed by atoms with Crippen molar-refractivity contribution >= 4 is 11.0 Å². The number of hydrogen-bond acceptors (Lipinski definition) is 4. The van der Waals surface area contributed by atoms with Gasteiger partial charge in [-0.15, -0.1) is 0 Å². The van der Waals surface area contributed by atoms with Crippen LogP contribution in [0.2, 0.25) is 0 Å². The first kappa shape index (κ1) is 16.3. The molecule has 5 rings (SSSR count). The second-order valence-electron chi connectivity index (χ2n) is 7.13. The fraction of sp³-hybridized carbons (Fsp3) is 0.273. The van der Waals surface area contributed by atoms with Gasteiger partial charge in [-0.2, -0.15) is 0 Å². The number of imidazole rings is 1. The van der Waals surface area contributed by atoms with Crippen LogP contribution in [0.25, 0.3) is 22.6 Å². The van der Waals surface area contributed by atoms with Crippen molar-refractivity contribution in [2.75, 3.05) is 6.54 Å². The molecule has 3 aromatic heterocycles. The van der Waals surface area contributed by atoms with E-state index in [4.69, 9.17) is 9.40 Å². The number of fused-ring (bicyclic) bond motifs is 1. The van der Waals surface area contributed by atoms with Gasteiger partial charge in [0.2, 0.25) is 0 Å². The van der Waals surface area contributed by atoms with Gasteiger partial charge < -0.3 is 8.98 Å². The van der Waals surface area contributed by atoms with E-state index in [0.717, 1.165) is 53.6 Å². The Hall–Kier alpha value is -2.92. The standard InChI is InChI=1S/C22H22N4O/c1-25-19-9-3-2-8-18(19)24-22(25)21-12-11-16(27-21)15-26-14-6-10-20(26)17-7-4-5-13-23-17/h2-5,7-9,11-13,20H,6,10,14-15H2,1H3/t20-/m0/s1. The fourth-order valence-electron chi connectivity index (χ4n) is 4.07. The lowest BCUT2D eigenvalue weighted by molar-refractivity contribution is 0.225. The SMILES string of the molecule is Cn1c(-c2ccc(CN3CCC[C@H]3c3ccccn3)o2)nc2ccccc21. The third-order valence-electron chi connectivity index (χ3n) is 5.42. The van der Waals surface area contributed by atoms with Crippen molar-refractivity contribution in [1.82, 2.24) is 19.4 Å². The van der Waals surface area contributed by atoms with Crippen molar-refractivity contribution in [3.05, 3.63) is 72.2 Å². The molecule has 5 heteroatoms. The third-order valence-corrected chi connectivity index (χ3v) is 5.42. The zero-order valence-corrected chi connectivity index (χ0v) is 15.4. The highest BCUT2D eigenvalue weighted by Crippen LogP contribution is 2.33. The van der Waals surface area contributed by atoms with E-state index < -0.39 is 0 Å². The molecule has 0 spiro atoms. The number of aromatic nitrogens is 3. The molecule has 0 unspecified atom stereocenters. The zero-order chi connectivity index (χ0) is 18.2. The predicted molar refractivity (Wildman–Crippen MR) is 105 cm³/mol. The molecule has 136 valence electrons. The van der Waals surface area contributed by atoms with Gasteiger partial charge in [-0.3, -0.25) is 9.88 Å². The normalized spacial score (nSPS) is 17.7. The Balaban J connectivity index is 1.40. The van der Waals surface area contributed by atoms with Crippen molar-refractivity contribution in [2.45, 2.75) is 25.4 Å². The van der Waals surface area contributed by atoms with Gasteiger partial charge in [0.15, 0.2) is 11.6 Å². The fourth-order valence-corrected chi connectivity index (χ4v) is 4.07. The van der Waals surface area contributed by atoms with Crippen LogP contribution in [0.1, 0.15) is 30.3 Å². The molecule has 5 nitrogen and oxygen atoms in total. The molecule has 4 aromatic rings. The third kappa shape index (κ3) is 2.94. The number of aryl methyl sites for hydroxylation is 1. The topological polar surface area (TPSA) is 47.1 Å². The molecule has 1 saturated heterocycles. The maximum atomic E-state index is 6.18. The van der Waals surface area contributed by atoms with Gasteiger partial charge in [-0.25, -0.2) is 4.98 Å². The number of rotatable bonds is 4. The largest absolute Gasteiger partial charge is 0.456 e. The van der Waals surface area contributed by atoms with Crippen LogP contribution in [-0.4, -0.2) is 26.0 Å². The number of hydrogen-bond donors (Lipinski definition) is 0. The summed E-state index contributed by atoms with van der Waals surface area (Å²) < 4.78 is 8.27. The minimum absolute atomic E-state index is 0.371. The second-order valence-corrected chi connectivity index (χ2v) is 7.13. The molecule has 1 aromatic carbocycles. The van der Waals surface area contributed by atoms with Crippen LogP contribution >= 0.6 is 0 Å². The lowest BCUT2D eigenvalue weighted by atomic mass is 10.1. The van der Waals surface area contributed by atoms with Crippen LogP contribution in [0.3, 0.4) is 0 Å². The first-order chi connectivity index (χ1) is 13.3. The van der Waals surface area contributed by atoms with E-state index in [1.807, 2.05) is 43.6 Å². The van der Waals surface area contributed by atoms with Crippen LogP contribution in [0.5, 0.6) is 0 Å². The van der Waals surface area contributed by atoms with Crippen molar-refractivity contribution in [2.24, 2.45) is 7.05 Å². The smallest absolute Gasteiger partial charge is 0.176 e. The van der Waals surface area contributed by atoms with Gasteiger partial charge in [0.05, 0.1) is 29.3 Å². The van der Waals surface area contributed by atoms with Crippen LogP contribution in [0.4, 0.5) is 0 Å². The number of para-hydroxylation sites is 2. The molecule has 0 amide bonds. The number of pyridine rings is 1. The molecule has 0 N–H and O–H groups in total. The molecular formula is C22H22N4O. The Morgan fingerprint density at radius 1 is 1.07 bits per heavy atom. The van der Waals surface area contributed by atoms with Gasteiger partial charge in [0.25, 0.3) is 0 Å². The Morgan fingerprint density at radius 2 is 1.96 bits per heavy atom. The lowest BCUT2D eigenvalue weighted by Crippen LogP contribution is -2.23. The van der Waals surface area contributed by atoms with Crippen LogP contribution < -0.4 is 0 Å². The van der Waals surface area contributed by atoms with Crippen molar-refractivity contribution in [3.8, 4) is 11.6 Å². The minimum atomic E-state index is 0.371. The number of furan rings is 1. The first-order valence-electron chi connectivity index (χ1n) is 9.45. The van der Waals surface area contributed by atoms with E-state index in [9.17, 15) is 0 Å². The quantitative estimate of drug-likeness (QED) is 0.536. The summed E-state index contributed by atoms with van der Waals surface area (Å²) in [4.78, 5) is 11.7. The molecule has 4 heterocycles. The molecule has 0 bridgehead atoms. The monoisotopic (exact) mass is 358 g/mol. The number of likely N-dealkylation sites (tertiary alicyclic amines) is 1. The zero-order valence-electron chi connectivity index (χ0n) is 15.4. The van der Waals surface area contributed by atoms with Crippen molar-refractivity contribution < 1.29 is 4.42 Å². The van der Waals surface area contributed by atoms with Gasteiger partial charge in [0.1, 0.15) is 5.76 Å². The number of nitrogens with zero attached hydrogens (tertiary/aromatic N) is 4. The van der Waals surface area contributed by atoms with Gasteiger partial charge in [-0.05, 0) is 55.8 Å². The van der Waals surface area contributed by atoms with Crippen molar-refractivity contribution in [1.29, 1.82) is 0 Å². The van der Waals surface area contributed by atoms with Gasteiger partial charge in [-0.1, -0.05) is 18.2 Å². The number of benzene rings is 1. The summed E-state index contributed by atoms with van der Waals surface area (Å²) in [6.07, 6.45) is 4.22. The Kier molecular flexibility index (Phi) is 4.02. The Labute approximate surface area is 158 Å². The maximum Gasteiger partial charge on any atom is 0.176 e. The van der Waals surface area contributed by atoms with Crippen LogP contribution in [0, 0.1) is 0 Å². The minimum Gasteiger partial charge on any atom is -0.456 e. The molecule has 1 fully saturated rings. The lowest BCUT2D eigenvalue weighted by Gasteiger charge is -2.22. The van der Waals surface area contributed by atoms with E-state index in [-0.39, 0.29) is 0 Å². The summed E-state index contributed by atoms with van der Waals surface area (Å²) in [6.45, 7) is 1.87. The molecule has 0 saturated carbocycles. The van der Waals surface area contributed by atoms with Crippen LogP contribution in [0.15, 0.2) is 65.2 Å². The van der Waals surface area contributed by atoms with Gasteiger partial charge in [0, 0.05) is 13.2 Å². The summed E-state index contributed by atoms with van der Waals surface area (Å²) in [5.41, 5.74) is 3.25. The summed E-state index contributed by atoms with van der Waals surface area (Å²) in [5.74, 6) is 2.65. The first-order valence-corrected chi connectivity index (χ1v) is 9.45. The summed E-state index contributed by atoms with van der Waals surface area (Å²) in [6, 6.07) is 18.8. The Morgan fingerprint density at radius 3 is 2.81 bits per heavy atom. The van der Waals surface area contributed by atoms with Crippen molar-refractivity contribution in [3.63, 3.8) is 0 Å². The molecular weight excluding hydrogens is 336 g/mol. The average molecular weight is 358 g/mol. The summed E-state index contributed by atoms with van der Waals surface area (Å²) in [5, 5.41) is 0.